The average molecular weight is 284 g/mol. The number of halogens is 2. The Labute approximate surface area is 115 Å². The van der Waals surface area contributed by atoms with Crippen molar-refractivity contribution in [2.75, 3.05) is 5.73 Å². The highest BCUT2D eigenvalue weighted by Gasteiger charge is 2.02. The van der Waals surface area contributed by atoms with E-state index in [2.05, 4.69) is 0 Å². The summed E-state index contributed by atoms with van der Waals surface area (Å²) in [5.74, 6) is 0.797. The Hall–Kier alpha value is -0.830. The number of nitrogen functional groups attached to an aromatic ring is 1. The molecule has 2 N–H and O–H groups in total. The first-order valence-corrected chi connectivity index (χ1v) is 6.81. The van der Waals surface area contributed by atoms with Crippen LogP contribution in [0.3, 0.4) is 0 Å². The van der Waals surface area contributed by atoms with Crippen molar-refractivity contribution < 1.29 is 0 Å². The molecular formula is C13H11Cl2NS. The fourth-order valence-corrected chi connectivity index (χ4v) is 2.68. The third kappa shape index (κ3) is 3.56. The van der Waals surface area contributed by atoms with E-state index in [4.69, 9.17) is 28.9 Å². The molecule has 0 atom stereocenters. The quantitative estimate of drug-likeness (QED) is 0.643. The van der Waals surface area contributed by atoms with E-state index in [0.29, 0.717) is 0 Å². The van der Waals surface area contributed by atoms with Gasteiger partial charge in [-0.05, 0) is 48.0 Å². The monoisotopic (exact) mass is 283 g/mol. The van der Waals surface area contributed by atoms with Gasteiger partial charge in [0.25, 0.3) is 0 Å². The van der Waals surface area contributed by atoms with Crippen molar-refractivity contribution in [1.82, 2.24) is 0 Å². The van der Waals surface area contributed by atoms with Crippen LogP contribution in [0.4, 0.5) is 5.69 Å². The predicted octanol–water partition coefficient (Wildman–Crippen LogP) is 4.87. The lowest BCUT2D eigenvalue weighted by molar-refractivity contribution is 1.38. The first-order chi connectivity index (χ1) is 8.15. The zero-order valence-electron chi connectivity index (χ0n) is 8.99. The molecule has 0 aromatic heterocycles. The molecule has 0 saturated carbocycles. The molecule has 0 heterocycles. The molecule has 2 aromatic carbocycles. The van der Waals surface area contributed by atoms with E-state index < -0.39 is 0 Å². The second kappa shape index (κ2) is 5.67. The zero-order chi connectivity index (χ0) is 12.3. The molecule has 0 aliphatic rings. The molecule has 4 heteroatoms. The topological polar surface area (TPSA) is 26.0 Å². The van der Waals surface area contributed by atoms with Crippen LogP contribution < -0.4 is 5.73 Å². The molecule has 1 nitrogen and oxygen atoms in total. The van der Waals surface area contributed by atoms with Gasteiger partial charge < -0.3 is 5.73 Å². The van der Waals surface area contributed by atoms with Crippen LogP contribution in [-0.2, 0) is 5.75 Å². The first-order valence-electron chi connectivity index (χ1n) is 5.07. The smallest absolute Gasteiger partial charge is 0.0448 e. The summed E-state index contributed by atoms with van der Waals surface area (Å²) in [6, 6.07) is 13.3. The lowest BCUT2D eigenvalue weighted by Crippen LogP contribution is -1.88. The van der Waals surface area contributed by atoms with Crippen molar-refractivity contribution >= 4 is 40.7 Å². The Morgan fingerprint density at radius 2 is 1.71 bits per heavy atom. The van der Waals surface area contributed by atoms with E-state index in [-0.39, 0.29) is 0 Å². The minimum Gasteiger partial charge on any atom is -0.399 e. The maximum absolute atomic E-state index is 6.10. The van der Waals surface area contributed by atoms with E-state index in [0.717, 1.165) is 31.9 Å². The van der Waals surface area contributed by atoms with Gasteiger partial charge in [-0.1, -0.05) is 23.2 Å². The maximum atomic E-state index is 6.10. The minimum absolute atomic E-state index is 0.737. The molecule has 0 amide bonds. The predicted molar refractivity (Wildman–Crippen MR) is 76.9 cm³/mol. The van der Waals surface area contributed by atoms with Crippen molar-refractivity contribution in [3.8, 4) is 0 Å². The highest BCUT2D eigenvalue weighted by Crippen LogP contribution is 2.28. The Morgan fingerprint density at radius 1 is 1.00 bits per heavy atom. The average Bonchev–Trinajstić information content (AvgIpc) is 2.32. The van der Waals surface area contributed by atoms with Crippen LogP contribution in [-0.4, -0.2) is 0 Å². The van der Waals surface area contributed by atoms with Crippen molar-refractivity contribution in [2.45, 2.75) is 10.6 Å². The first kappa shape index (κ1) is 12.6. The van der Waals surface area contributed by atoms with Gasteiger partial charge in [0, 0.05) is 26.4 Å². The van der Waals surface area contributed by atoms with Crippen LogP contribution in [0.1, 0.15) is 5.56 Å². The molecule has 0 spiro atoms. The molecule has 0 unspecified atom stereocenters. The summed E-state index contributed by atoms with van der Waals surface area (Å²) < 4.78 is 0. The van der Waals surface area contributed by atoms with Crippen molar-refractivity contribution in [3.63, 3.8) is 0 Å². The van der Waals surface area contributed by atoms with Crippen LogP contribution in [0.25, 0.3) is 0 Å². The van der Waals surface area contributed by atoms with E-state index in [1.54, 1.807) is 17.8 Å². The highest BCUT2D eigenvalue weighted by atomic mass is 35.5. The Balaban J connectivity index is 2.07. The molecular weight excluding hydrogens is 273 g/mol. The third-order valence-electron chi connectivity index (χ3n) is 2.28. The molecule has 0 aliphatic heterocycles. The molecule has 2 rings (SSSR count). The lowest BCUT2D eigenvalue weighted by Gasteiger charge is -2.05. The van der Waals surface area contributed by atoms with Crippen molar-refractivity contribution in [1.29, 1.82) is 0 Å². The summed E-state index contributed by atoms with van der Waals surface area (Å²) >= 11 is 13.6. The van der Waals surface area contributed by atoms with Crippen LogP contribution >= 0.6 is 35.0 Å². The van der Waals surface area contributed by atoms with Crippen LogP contribution in [0, 0.1) is 0 Å². The molecule has 0 saturated heterocycles. The van der Waals surface area contributed by atoms with Gasteiger partial charge in [0.15, 0.2) is 0 Å². The van der Waals surface area contributed by atoms with Crippen LogP contribution in [0.5, 0.6) is 0 Å². The molecule has 0 aliphatic carbocycles. The summed E-state index contributed by atoms with van der Waals surface area (Å²) in [5, 5.41) is 1.50. The summed E-state index contributed by atoms with van der Waals surface area (Å²) in [5.41, 5.74) is 7.52. The Kier molecular flexibility index (Phi) is 4.21. The SMILES string of the molecule is Nc1ccc(Cl)c(CSc2ccc(Cl)cc2)c1. The van der Waals surface area contributed by atoms with Gasteiger partial charge in [0.1, 0.15) is 0 Å². The molecule has 17 heavy (non-hydrogen) atoms. The second-order valence-electron chi connectivity index (χ2n) is 3.59. The third-order valence-corrected chi connectivity index (χ3v) is 3.96. The number of anilines is 1. The van der Waals surface area contributed by atoms with Gasteiger partial charge in [-0.3, -0.25) is 0 Å². The van der Waals surface area contributed by atoms with Crippen molar-refractivity contribution in [3.05, 3.63) is 58.1 Å². The van der Waals surface area contributed by atoms with E-state index in [9.17, 15) is 0 Å². The number of nitrogens with two attached hydrogens (primary N) is 1. The van der Waals surface area contributed by atoms with Crippen LogP contribution in [0.2, 0.25) is 10.0 Å². The normalized spacial score (nSPS) is 10.5. The van der Waals surface area contributed by atoms with Crippen molar-refractivity contribution in [2.24, 2.45) is 0 Å². The largest absolute Gasteiger partial charge is 0.399 e. The number of thioether (sulfide) groups is 1. The summed E-state index contributed by atoms with van der Waals surface area (Å²) in [6.07, 6.45) is 0. The fourth-order valence-electron chi connectivity index (χ4n) is 1.40. The van der Waals surface area contributed by atoms with Gasteiger partial charge in [-0.15, -0.1) is 11.8 Å². The van der Waals surface area contributed by atoms with E-state index in [1.165, 1.54) is 0 Å². The summed E-state index contributed by atoms with van der Waals surface area (Å²) in [7, 11) is 0. The zero-order valence-corrected chi connectivity index (χ0v) is 11.3. The standard InChI is InChI=1S/C13H11Cl2NS/c14-10-1-4-12(5-2-10)17-8-9-7-11(16)3-6-13(9)15/h1-7H,8,16H2. The summed E-state index contributed by atoms with van der Waals surface area (Å²) in [6.45, 7) is 0. The molecule has 88 valence electrons. The maximum Gasteiger partial charge on any atom is 0.0448 e. The Morgan fingerprint density at radius 3 is 2.41 bits per heavy atom. The van der Waals surface area contributed by atoms with Gasteiger partial charge in [0.2, 0.25) is 0 Å². The van der Waals surface area contributed by atoms with E-state index >= 15 is 0 Å². The lowest BCUT2D eigenvalue weighted by atomic mass is 10.2. The Bertz CT molecular complexity index is 511. The summed E-state index contributed by atoms with van der Waals surface area (Å²) in [4.78, 5) is 1.16. The minimum atomic E-state index is 0.737. The molecule has 0 fully saturated rings. The number of benzene rings is 2. The van der Waals surface area contributed by atoms with Gasteiger partial charge in [-0.25, -0.2) is 0 Å². The van der Waals surface area contributed by atoms with Crippen LogP contribution in [0.15, 0.2) is 47.4 Å². The highest BCUT2D eigenvalue weighted by molar-refractivity contribution is 7.98. The molecule has 0 bridgehead atoms. The number of rotatable bonds is 3. The van der Waals surface area contributed by atoms with Gasteiger partial charge in [0.05, 0.1) is 0 Å². The van der Waals surface area contributed by atoms with E-state index in [1.807, 2.05) is 36.4 Å². The number of hydrogen-bond donors (Lipinski definition) is 1. The van der Waals surface area contributed by atoms with Gasteiger partial charge in [-0.2, -0.15) is 0 Å². The molecule has 0 radical (unpaired) electrons. The second-order valence-corrected chi connectivity index (χ2v) is 5.49. The molecule has 2 aromatic rings. The fraction of sp³-hybridized carbons (Fsp3) is 0.0769. The van der Waals surface area contributed by atoms with Gasteiger partial charge >= 0.3 is 0 Å². The number of hydrogen-bond acceptors (Lipinski definition) is 2.